The van der Waals surface area contributed by atoms with Gasteiger partial charge in [0.05, 0.1) is 12.7 Å². The van der Waals surface area contributed by atoms with E-state index in [-0.39, 0.29) is 0 Å². The Morgan fingerprint density at radius 2 is 2.35 bits per heavy atom. The lowest BCUT2D eigenvalue weighted by Gasteiger charge is -2.33. The first-order valence-electron chi connectivity index (χ1n) is 6.13. The number of aryl methyl sites for hydroxylation is 1. The van der Waals surface area contributed by atoms with Gasteiger partial charge in [-0.1, -0.05) is 6.92 Å². The molecule has 1 saturated heterocycles. The van der Waals surface area contributed by atoms with Crippen LogP contribution in [0.1, 0.15) is 19.2 Å². The average Bonchev–Trinajstić information content (AvgIpc) is 2.38. The van der Waals surface area contributed by atoms with Gasteiger partial charge in [0.2, 0.25) is 0 Å². The fourth-order valence-corrected chi connectivity index (χ4v) is 2.02. The predicted molar refractivity (Wildman–Crippen MR) is 68.6 cm³/mol. The van der Waals surface area contributed by atoms with Crippen molar-refractivity contribution in [2.45, 2.75) is 26.4 Å². The van der Waals surface area contributed by atoms with Gasteiger partial charge in [0.1, 0.15) is 17.5 Å². The topological polar surface area (TPSA) is 50.3 Å². The molecule has 1 aromatic rings. The Kier molecular flexibility index (Phi) is 3.78. The fraction of sp³-hybridized carbons (Fsp3) is 0.667. The van der Waals surface area contributed by atoms with Gasteiger partial charge in [-0.05, 0) is 13.3 Å². The second-order valence-corrected chi connectivity index (χ2v) is 4.26. The quantitative estimate of drug-likeness (QED) is 0.860. The molecule has 5 heteroatoms. The summed E-state index contributed by atoms with van der Waals surface area (Å²) >= 11 is 0. The molecule has 0 saturated carbocycles. The van der Waals surface area contributed by atoms with Crippen LogP contribution >= 0.6 is 0 Å². The zero-order valence-corrected chi connectivity index (χ0v) is 10.7. The molecule has 1 atom stereocenters. The molecule has 1 aliphatic heterocycles. The minimum absolute atomic E-state index is 0.317. The summed E-state index contributed by atoms with van der Waals surface area (Å²) in [6.45, 7) is 6.66. The maximum atomic E-state index is 5.66. The molecule has 1 fully saturated rings. The second-order valence-electron chi connectivity index (χ2n) is 4.26. The van der Waals surface area contributed by atoms with Crippen molar-refractivity contribution in [2.75, 3.05) is 37.0 Å². The monoisotopic (exact) mass is 236 g/mol. The van der Waals surface area contributed by atoms with E-state index in [1.54, 1.807) is 0 Å². The first-order chi connectivity index (χ1) is 8.22. The third-order valence-corrected chi connectivity index (χ3v) is 3.00. The highest BCUT2D eigenvalue weighted by atomic mass is 16.5. The maximum absolute atomic E-state index is 5.66. The van der Waals surface area contributed by atoms with Gasteiger partial charge >= 0.3 is 0 Å². The van der Waals surface area contributed by atoms with Gasteiger partial charge in [-0.25, -0.2) is 9.97 Å². The summed E-state index contributed by atoms with van der Waals surface area (Å²) in [7, 11) is 1.87. The molecular weight excluding hydrogens is 216 g/mol. The molecule has 1 aromatic heterocycles. The van der Waals surface area contributed by atoms with Crippen molar-refractivity contribution in [3.8, 4) is 0 Å². The lowest BCUT2D eigenvalue weighted by atomic mass is 10.2. The Balaban J connectivity index is 2.18. The van der Waals surface area contributed by atoms with Crippen LogP contribution in [0, 0.1) is 6.92 Å². The van der Waals surface area contributed by atoms with Gasteiger partial charge in [0.15, 0.2) is 0 Å². The molecule has 5 nitrogen and oxygen atoms in total. The van der Waals surface area contributed by atoms with Crippen LogP contribution in [0.5, 0.6) is 0 Å². The van der Waals surface area contributed by atoms with Crippen LogP contribution in [0.15, 0.2) is 6.07 Å². The summed E-state index contributed by atoms with van der Waals surface area (Å²) in [6, 6.07) is 1.99. The van der Waals surface area contributed by atoms with Gasteiger partial charge in [-0.3, -0.25) is 0 Å². The van der Waals surface area contributed by atoms with Crippen LogP contribution in [0.2, 0.25) is 0 Å². The van der Waals surface area contributed by atoms with E-state index in [1.807, 2.05) is 20.0 Å². The molecule has 0 spiro atoms. The highest BCUT2D eigenvalue weighted by Crippen LogP contribution is 2.19. The summed E-state index contributed by atoms with van der Waals surface area (Å²) in [6.07, 6.45) is 1.36. The van der Waals surface area contributed by atoms with Gasteiger partial charge in [0, 0.05) is 26.2 Å². The molecule has 0 aromatic carbocycles. The highest BCUT2D eigenvalue weighted by Gasteiger charge is 2.20. The number of nitrogens with zero attached hydrogens (tertiary/aromatic N) is 3. The van der Waals surface area contributed by atoms with Gasteiger partial charge < -0.3 is 15.0 Å². The number of morpholine rings is 1. The summed E-state index contributed by atoms with van der Waals surface area (Å²) in [5.41, 5.74) is 0. The van der Waals surface area contributed by atoms with Crippen molar-refractivity contribution in [3.05, 3.63) is 11.9 Å². The van der Waals surface area contributed by atoms with E-state index in [4.69, 9.17) is 4.74 Å². The molecule has 94 valence electrons. The van der Waals surface area contributed by atoms with E-state index < -0.39 is 0 Å². The van der Waals surface area contributed by atoms with E-state index in [0.717, 1.165) is 43.6 Å². The summed E-state index contributed by atoms with van der Waals surface area (Å²) in [5.74, 6) is 2.65. The van der Waals surface area contributed by atoms with E-state index in [2.05, 4.69) is 27.1 Å². The van der Waals surface area contributed by atoms with E-state index >= 15 is 0 Å². The van der Waals surface area contributed by atoms with E-state index in [1.165, 1.54) is 0 Å². The van der Waals surface area contributed by atoms with Crippen LogP contribution in [0.4, 0.5) is 11.6 Å². The van der Waals surface area contributed by atoms with Crippen molar-refractivity contribution < 1.29 is 4.74 Å². The summed E-state index contributed by atoms with van der Waals surface area (Å²) in [5, 5.41) is 3.06. The SMILES string of the molecule is CCC1CN(c2cc(NC)nc(C)n2)CCO1. The number of rotatable bonds is 3. The van der Waals surface area contributed by atoms with Crippen molar-refractivity contribution in [1.82, 2.24) is 9.97 Å². The number of ether oxygens (including phenoxy) is 1. The molecule has 0 amide bonds. The Bertz CT molecular complexity index is 383. The first kappa shape index (κ1) is 12.1. The van der Waals surface area contributed by atoms with Crippen LogP contribution < -0.4 is 10.2 Å². The Labute approximate surface area is 102 Å². The molecule has 0 radical (unpaired) electrons. The van der Waals surface area contributed by atoms with Crippen LogP contribution in [-0.2, 0) is 4.74 Å². The fourth-order valence-electron chi connectivity index (χ4n) is 2.02. The largest absolute Gasteiger partial charge is 0.375 e. The Morgan fingerprint density at radius 1 is 1.53 bits per heavy atom. The van der Waals surface area contributed by atoms with Crippen molar-refractivity contribution in [3.63, 3.8) is 0 Å². The number of nitrogens with one attached hydrogen (secondary N) is 1. The third-order valence-electron chi connectivity index (χ3n) is 3.00. The average molecular weight is 236 g/mol. The molecule has 1 aliphatic rings. The zero-order valence-electron chi connectivity index (χ0n) is 10.7. The third kappa shape index (κ3) is 2.85. The predicted octanol–water partition coefficient (Wildman–Crippen LogP) is 1.44. The molecule has 2 rings (SSSR count). The minimum atomic E-state index is 0.317. The van der Waals surface area contributed by atoms with Gasteiger partial charge in [0.25, 0.3) is 0 Å². The van der Waals surface area contributed by atoms with Crippen LogP contribution in [0.25, 0.3) is 0 Å². The van der Waals surface area contributed by atoms with E-state index in [9.17, 15) is 0 Å². The molecule has 17 heavy (non-hydrogen) atoms. The molecule has 2 heterocycles. The van der Waals surface area contributed by atoms with Crippen LogP contribution in [0.3, 0.4) is 0 Å². The number of anilines is 2. The van der Waals surface area contributed by atoms with Gasteiger partial charge in [-0.15, -0.1) is 0 Å². The lowest BCUT2D eigenvalue weighted by Crippen LogP contribution is -2.42. The maximum Gasteiger partial charge on any atom is 0.134 e. The molecular formula is C12H20N4O. The number of hydrogen-bond donors (Lipinski definition) is 1. The zero-order chi connectivity index (χ0) is 12.3. The molecule has 1 unspecified atom stereocenters. The normalized spacial score (nSPS) is 20.4. The number of aromatic nitrogens is 2. The lowest BCUT2D eigenvalue weighted by molar-refractivity contribution is 0.0381. The van der Waals surface area contributed by atoms with Crippen molar-refractivity contribution in [2.24, 2.45) is 0 Å². The van der Waals surface area contributed by atoms with Crippen molar-refractivity contribution >= 4 is 11.6 Å². The first-order valence-corrected chi connectivity index (χ1v) is 6.13. The van der Waals surface area contributed by atoms with Gasteiger partial charge in [-0.2, -0.15) is 0 Å². The molecule has 1 N–H and O–H groups in total. The number of hydrogen-bond acceptors (Lipinski definition) is 5. The standard InChI is InChI=1S/C12H20N4O/c1-4-10-8-16(5-6-17-10)12-7-11(13-3)14-9(2)15-12/h7,10H,4-6,8H2,1-3H3,(H,13,14,15). The minimum Gasteiger partial charge on any atom is -0.375 e. The van der Waals surface area contributed by atoms with E-state index in [0.29, 0.717) is 6.10 Å². The van der Waals surface area contributed by atoms with Crippen LogP contribution in [-0.4, -0.2) is 42.8 Å². The Morgan fingerprint density at radius 3 is 3.06 bits per heavy atom. The van der Waals surface area contributed by atoms with Crippen molar-refractivity contribution in [1.29, 1.82) is 0 Å². The summed E-state index contributed by atoms with van der Waals surface area (Å²) in [4.78, 5) is 11.1. The Hall–Kier alpha value is -1.36. The second kappa shape index (κ2) is 5.31. The highest BCUT2D eigenvalue weighted by molar-refractivity contribution is 5.49. The smallest absolute Gasteiger partial charge is 0.134 e. The molecule has 0 aliphatic carbocycles. The molecule has 0 bridgehead atoms. The summed E-state index contributed by atoms with van der Waals surface area (Å²) < 4.78 is 5.66.